The first-order valence-electron chi connectivity index (χ1n) is 9.99. The predicted molar refractivity (Wildman–Crippen MR) is 120 cm³/mol. The average Bonchev–Trinajstić information content (AvgIpc) is 3.29. The van der Waals surface area contributed by atoms with Gasteiger partial charge in [-0.3, -0.25) is 4.79 Å². The molecule has 0 unspecified atom stereocenters. The standard InChI is InChI=1S/C25H22FN3O3/c1-31-22-13-10-18(14-23(22)32-2)24-21(16-29(28-24)20-6-4-3-5-7-20)25(30)27-15-17-8-11-19(26)12-9-17/h3-14,16H,15H2,1-2H3,(H,27,30). The monoisotopic (exact) mass is 431 g/mol. The van der Waals surface area contributed by atoms with E-state index in [4.69, 9.17) is 9.47 Å². The number of amides is 1. The maximum atomic E-state index is 13.2. The molecule has 0 aliphatic rings. The van der Waals surface area contributed by atoms with Gasteiger partial charge in [-0.15, -0.1) is 0 Å². The lowest BCUT2D eigenvalue weighted by atomic mass is 10.1. The van der Waals surface area contributed by atoms with Crippen LogP contribution in [0.4, 0.5) is 4.39 Å². The van der Waals surface area contributed by atoms with Crippen LogP contribution < -0.4 is 14.8 Å². The van der Waals surface area contributed by atoms with Gasteiger partial charge >= 0.3 is 0 Å². The number of carbonyl (C=O) groups is 1. The molecule has 1 aromatic heterocycles. The first kappa shape index (κ1) is 21.1. The van der Waals surface area contributed by atoms with E-state index in [2.05, 4.69) is 10.4 Å². The number of benzene rings is 3. The van der Waals surface area contributed by atoms with Gasteiger partial charge < -0.3 is 14.8 Å². The Labute approximate surface area is 185 Å². The third-order valence-corrected chi connectivity index (χ3v) is 5.00. The number of ether oxygens (including phenoxy) is 2. The molecule has 0 spiro atoms. The minimum atomic E-state index is -0.319. The van der Waals surface area contributed by atoms with Crippen LogP contribution in [0.25, 0.3) is 16.9 Å². The molecule has 1 heterocycles. The highest BCUT2D eigenvalue weighted by Gasteiger charge is 2.20. The third-order valence-electron chi connectivity index (χ3n) is 5.00. The number of aromatic nitrogens is 2. The molecule has 0 aliphatic heterocycles. The first-order valence-corrected chi connectivity index (χ1v) is 9.99. The third kappa shape index (κ3) is 4.46. The molecule has 4 aromatic rings. The minimum absolute atomic E-state index is 0.265. The van der Waals surface area contributed by atoms with Gasteiger partial charge in [0.25, 0.3) is 5.91 Å². The van der Waals surface area contributed by atoms with Gasteiger partial charge in [-0.2, -0.15) is 5.10 Å². The van der Waals surface area contributed by atoms with Crippen LogP contribution in [-0.4, -0.2) is 29.9 Å². The topological polar surface area (TPSA) is 65.4 Å². The molecular formula is C25H22FN3O3. The zero-order valence-corrected chi connectivity index (χ0v) is 17.7. The molecule has 1 N–H and O–H groups in total. The minimum Gasteiger partial charge on any atom is -0.493 e. The second-order valence-corrected chi connectivity index (χ2v) is 7.05. The molecule has 0 radical (unpaired) electrons. The maximum Gasteiger partial charge on any atom is 0.255 e. The van der Waals surface area contributed by atoms with Crippen molar-refractivity contribution in [1.82, 2.24) is 15.1 Å². The van der Waals surface area contributed by atoms with E-state index < -0.39 is 0 Å². The molecule has 0 aliphatic carbocycles. The summed E-state index contributed by atoms with van der Waals surface area (Å²) < 4.78 is 25.6. The molecule has 4 rings (SSSR count). The van der Waals surface area contributed by atoms with Crippen molar-refractivity contribution in [3.8, 4) is 28.4 Å². The van der Waals surface area contributed by atoms with Crippen molar-refractivity contribution in [2.24, 2.45) is 0 Å². The molecule has 6 nitrogen and oxygen atoms in total. The lowest BCUT2D eigenvalue weighted by molar-refractivity contribution is 0.0951. The number of nitrogens with zero attached hydrogens (tertiary/aromatic N) is 2. The molecule has 162 valence electrons. The highest BCUT2D eigenvalue weighted by molar-refractivity contribution is 6.00. The van der Waals surface area contributed by atoms with Crippen LogP contribution in [0, 0.1) is 5.82 Å². The van der Waals surface area contributed by atoms with Gasteiger partial charge in [0.2, 0.25) is 0 Å². The SMILES string of the molecule is COc1ccc(-c2nn(-c3ccccc3)cc2C(=O)NCc2ccc(F)cc2)cc1OC. The van der Waals surface area contributed by atoms with Crippen molar-refractivity contribution in [1.29, 1.82) is 0 Å². The Kier molecular flexibility index (Phi) is 6.17. The van der Waals surface area contributed by atoms with Gasteiger partial charge in [-0.1, -0.05) is 30.3 Å². The second-order valence-electron chi connectivity index (χ2n) is 7.05. The van der Waals surface area contributed by atoms with Gasteiger partial charge in [0.1, 0.15) is 11.5 Å². The van der Waals surface area contributed by atoms with Crippen LogP contribution in [-0.2, 0) is 6.54 Å². The molecule has 0 atom stereocenters. The lowest BCUT2D eigenvalue weighted by Gasteiger charge is -2.10. The van der Waals surface area contributed by atoms with Crippen LogP contribution >= 0.6 is 0 Å². The van der Waals surface area contributed by atoms with Crippen LogP contribution in [0.3, 0.4) is 0 Å². The van der Waals surface area contributed by atoms with Crippen molar-refractivity contribution in [2.45, 2.75) is 6.54 Å². The smallest absolute Gasteiger partial charge is 0.255 e. The normalized spacial score (nSPS) is 10.6. The first-order chi connectivity index (χ1) is 15.6. The zero-order chi connectivity index (χ0) is 22.5. The summed E-state index contributed by atoms with van der Waals surface area (Å²) in [5.41, 5.74) is 3.24. The molecule has 0 bridgehead atoms. The Hall–Kier alpha value is -4.13. The summed E-state index contributed by atoms with van der Waals surface area (Å²) in [4.78, 5) is 13.1. The molecular weight excluding hydrogens is 409 g/mol. The van der Waals surface area contributed by atoms with Crippen molar-refractivity contribution < 1.29 is 18.7 Å². The van der Waals surface area contributed by atoms with Crippen molar-refractivity contribution in [2.75, 3.05) is 14.2 Å². The number of nitrogens with one attached hydrogen (secondary N) is 1. The van der Waals surface area contributed by atoms with Crippen molar-refractivity contribution in [3.05, 3.63) is 95.9 Å². The predicted octanol–water partition coefficient (Wildman–Crippen LogP) is 4.63. The molecule has 0 saturated heterocycles. The summed E-state index contributed by atoms with van der Waals surface area (Å²) >= 11 is 0. The van der Waals surface area contributed by atoms with Crippen molar-refractivity contribution >= 4 is 5.91 Å². The van der Waals surface area contributed by atoms with E-state index in [9.17, 15) is 9.18 Å². The maximum absolute atomic E-state index is 13.2. The van der Waals surface area contributed by atoms with Crippen LogP contribution in [0.1, 0.15) is 15.9 Å². The highest BCUT2D eigenvalue weighted by atomic mass is 19.1. The van der Waals surface area contributed by atoms with E-state index in [0.29, 0.717) is 28.3 Å². The number of rotatable bonds is 7. The van der Waals surface area contributed by atoms with E-state index in [1.54, 1.807) is 49.4 Å². The fourth-order valence-corrected chi connectivity index (χ4v) is 3.33. The molecule has 3 aromatic carbocycles. The number of para-hydroxylation sites is 1. The van der Waals surface area contributed by atoms with Crippen molar-refractivity contribution in [3.63, 3.8) is 0 Å². The molecule has 0 fully saturated rings. The lowest BCUT2D eigenvalue weighted by Crippen LogP contribution is -2.23. The molecule has 0 saturated carbocycles. The Morgan fingerprint density at radius 3 is 2.38 bits per heavy atom. The Morgan fingerprint density at radius 2 is 1.69 bits per heavy atom. The Balaban J connectivity index is 1.70. The number of carbonyl (C=O) groups excluding carboxylic acids is 1. The number of methoxy groups -OCH3 is 2. The van der Waals surface area contributed by atoms with Gasteiger partial charge in [-0.25, -0.2) is 9.07 Å². The van der Waals surface area contributed by atoms with E-state index >= 15 is 0 Å². The van der Waals surface area contributed by atoms with Crippen LogP contribution in [0.5, 0.6) is 11.5 Å². The van der Waals surface area contributed by atoms with E-state index in [1.807, 2.05) is 36.4 Å². The zero-order valence-electron chi connectivity index (χ0n) is 17.7. The van der Waals surface area contributed by atoms with Crippen LogP contribution in [0.2, 0.25) is 0 Å². The fourth-order valence-electron chi connectivity index (χ4n) is 3.33. The summed E-state index contributed by atoms with van der Waals surface area (Å²) in [5.74, 6) is 0.513. The van der Waals surface area contributed by atoms with E-state index in [1.165, 1.54) is 12.1 Å². The summed E-state index contributed by atoms with van der Waals surface area (Å²) in [6, 6.07) is 20.9. The number of hydrogen-bond acceptors (Lipinski definition) is 4. The number of halogens is 1. The molecule has 32 heavy (non-hydrogen) atoms. The average molecular weight is 431 g/mol. The Morgan fingerprint density at radius 1 is 0.969 bits per heavy atom. The van der Waals surface area contributed by atoms with Crippen LogP contribution in [0.15, 0.2) is 79.0 Å². The largest absolute Gasteiger partial charge is 0.493 e. The summed E-state index contributed by atoms with van der Waals surface area (Å²) in [5, 5.41) is 7.57. The second kappa shape index (κ2) is 9.34. The summed E-state index contributed by atoms with van der Waals surface area (Å²) in [7, 11) is 3.12. The Bertz CT molecular complexity index is 1220. The van der Waals surface area contributed by atoms with Gasteiger partial charge in [0.05, 0.1) is 25.5 Å². The van der Waals surface area contributed by atoms with E-state index in [-0.39, 0.29) is 18.3 Å². The summed E-state index contributed by atoms with van der Waals surface area (Å²) in [6.45, 7) is 0.265. The molecule has 1 amide bonds. The number of hydrogen-bond donors (Lipinski definition) is 1. The quantitative estimate of drug-likeness (QED) is 0.464. The van der Waals surface area contributed by atoms with Gasteiger partial charge in [-0.05, 0) is 48.0 Å². The fraction of sp³-hybridized carbons (Fsp3) is 0.120. The summed E-state index contributed by atoms with van der Waals surface area (Å²) in [6.07, 6.45) is 1.70. The highest BCUT2D eigenvalue weighted by Crippen LogP contribution is 2.33. The van der Waals surface area contributed by atoms with Gasteiger partial charge in [0.15, 0.2) is 11.5 Å². The molecule has 7 heteroatoms. The van der Waals surface area contributed by atoms with Gasteiger partial charge in [0, 0.05) is 18.3 Å². The van der Waals surface area contributed by atoms with E-state index in [0.717, 1.165) is 11.3 Å².